The molecule has 1 aromatic heterocycles. The van der Waals surface area contributed by atoms with Crippen LogP contribution < -0.4 is 0 Å². The number of β-amino-alcohol motifs (C(OH)–C–C–N with tert-alkyl or cyclic N) is 1. The third kappa shape index (κ3) is 3.08. The first-order valence-corrected chi connectivity index (χ1v) is 9.46. The summed E-state index contributed by atoms with van der Waals surface area (Å²) in [6.45, 7) is 5.70. The van der Waals surface area contributed by atoms with E-state index in [9.17, 15) is 9.90 Å². The number of carbonyl (C=O) groups is 1. The monoisotopic (exact) mass is 354 g/mol. The van der Waals surface area contributed by atoms with Crippen LogP contribution in [0, 0.1) is 12.3 Å². The smallest absolute Gasteiger partial charge is 0.230 e. The van der Waals surface area contributed by atoms with Crippen LogP contribution >= 0.6 is 0 Å². The molecule has 1 aromatic carbocycles. The molecule has 1 amide bonds. The highest BCUT2D eigenvalue weighted by atomic mass is 16.3. The fraction of sp³-hybridized carbons (Fsp3) is 0.550. The largest absolute Gasteiger partial charge is 0.395 e. The Labute approximate surface area is 153 Å². The van der Waals surface area contributed by atoms with Crippen molar-refractivity contribution < 1.29 is 9.90 Å². The molecule has 3 heterocycles. The second kappa shape index (κ2) is 6.93. The van der Waals surface area contributed by atoms with E-state index in [0.29, 0.717) is 6.54 Å². The number of para-hydroxylation sites is 2. The first-order chi connectivity index (χ1) is 12.6. The van der Waals surface area contributed by atoms with Gasteiger partial charge in [-0.05, 0) is 44.9 Å². The summed E-state index contributed by atoms with van der Waals surface area (Å²) in [5.74, 6) is 0.224. The molecule has 0 saturated carbocycles. The zero-order valence-electron chi connectivity index (χ0n) is 15.3. The van der Waals surface area contributed by atoms with Crippen molar-refractivity contribution in [3.05, 3.63) is 35.7 Å². The molecule has 6 heteroatoms. The number of hydrogen-bond acceptors (Lipinski definition) is 5. The maximum atomic E-state index is 12.9. The molecule has 2 aliphatic heterocycles. The summed E-state index contributed by atoms with van der Waals surface area (Å²) in [7, 11) is 0. The predicted octanol–water partition coefficient (Wildman–Crippen LogP) is 1.75. The minimum atomic E-state index is -0.272. The van der Waals surface area contributed by atoms with Gasteiger partial charge in [0.25, 0.3) is 0 Å². The minimum absolute atomic E-state index is 0.0391. The van der Waals surface area contributed by atoms with Gasteiger partial charge in [-0.3, -0.25) is 9.69 Å². The van der Waals surface area contributed by atoms with E-state index in [1.807, 2.05) is 36.1 Å². The fourth-order valence-corrected chi connectivity index (χ4v) is 4.44. The van der Waals surface area contributed by atoms with Gasteiger partial charge in [-0.2, -0.15) is 0 Å². The highest BCUT2D eigenvalue weighted by Gasteiger charge is 2.48. The number of benzene rings is 1. The van der Waals surface area contributed by atoms with Crippen LogP contribution in [0.3, 0.4) is 0 Å². The van der Waals surface area contributed by atoms with E-state index >= 15 is 0 Å². The van der Waals surface area contributed by atoms with Crippen LogP contribution in [0.25, 0.3) is 11.0 Å². The lowest BCUT2D eigenvalue weighted by Gasteiger charge is -2.39. The number of rotatable bonds is 4. The normalized spacial score (nSPS) is 24.1. The van der Waals surface area contributed by atoms with Gasteiger partial charge in [-0.1, -0.05) is 12.1 Å². The summed E-state index contributed by atoms with van der Waals surface area (Å²) in [6.07, 6.45) is 2.87. The van der Waals surface area contributed by atoms with Gasteiger partial charge in [0.2, 0.25) is 5.91 Å². The Morgan fingerprint density at radius 2 is 1.92 bits per heavy atom. The van der Waals surface area contributed by atoms with Gasteiger partial charge in [0.1, 0.15) is 0 Å². The van der Waals surface area contributed by atoms with Crippen molar-refractivity contribution in [3.63, 3.8) is 0 Å². The van der Waals surface area contributed by atoms with Gasteiger partial charge in [0.05, 0.1) is 34.4 Å². The first kappa shape index (κ1) is 17.4. The molecule has 6 nitrogen and oxygen atoms in total. The third-order valence-electron chi connectivity index (χ3n) is 5.84. The molecule has 1 spiro atoms. The van der Waals surface area contributed by atoms with Crippen LogP contribution in [0.1, 0.15) is 30.7 Å². The van der Waals surface area contributed by atoms with Crippen molar-refractivity contribution in [2.24, 2.45) is 5.41 Å². The minimum Gasteiger partial charge on any atom is -0.395 e. The zero-order chi connectivity index (χ0) is 18.1. The van der Waals surface area contributed by atoms with Crippen LogP contribution in [-0.4, -0.2) is 63.6 Å². The Morgan fingerprint density at radius 1 is 1.15 bits per heavy atom. The molecule has 1 atom stereocenters. The van der Waals surface area contributed by atoms with E-state index in [1.165, 1.54) is 0 Å². The van der Waals surface area contributed by atoms with E-state index in [-0.39, 0.29) is 17.9 Å². The molecule has 0 unspecified atom stereocenters. The zero-order valence-corrected chi connectivity index (χ0v) is 15.3. The van der Waals surface area contributed by atoms with Gasteiger partial charge in [0, 0.05) is 26.2 Å². The molecule has 0 aliphatic carbocycles. The lowest BCUT2D eigenvalue weighted by atomic mass is 9.78. The SMILES string of the molecule is Cc1nc2ccccc2nc1CN1CC[C@@]2(CCCN(CCO)C2=O)C1. The molecular formula is C20H26N4O2. The number of hydrogen-bond donors (Lipinski definition) is 1. The number of fused-ring (bicyclic) bond motifs is 1. The Kier molecular flexibility index (Phi) is 4.63. The molecule has 1 N–H and O–H groups in total. The van der Waals surface area contributed by atoms with Crippen LogP contribution in [0.5, 0.6) is 0 Å². The van der Waals surface area contributed by atoms with Crippen molar-refractivity contribution in [1.82, 2.24) is 19.8 Å². The van der Waals surface area contributed by atoms with E-state index in [4.69, 9.17) is 4.98 Å². The molecule has 2 aliphatic rings. The molecule has 2 fully saturated rings. The molecule has 0 bridgehead atoms. The Bertz CT molecular complexity index is 823. The van der Waals surface area contributed by atoms with Crippen LogP contribution in [0.2, 0.25) is 0 Å². The number of aromatic nitrogens is 2. The van der Waals surface area contributed by atoms with E-state index in [0.717, 1.165) is 67.9 Å². The van der Waals surface area contributed by atoms with Crippen molar-refractivity contribution in [2.75, 3.05) is 32.8 Å². The van der Waals surface area contributed by atoms with E-state index < -0.39 is 0 Å². The molecule has 26 heavy (non-hydrogen) atoms. The van der Waals surface area contributed by atoms with Crippen molar-refractivity contribution in [1.29, 1.82) is 0 Å². The number of likely N-dealkylation sites (tertiary alicyclic amines) is 2. The standard InChI is InChI=1S/C20H26N4O2/c1-15-18(22-17-6-3-2-5-16(17)21-15)13-23-10-8-20(14-23)7-4-9-24(11-12-25)19(20)26/h2-3,5-6,25H,4,7-14H2,1H3/t20-/m0/s1. The Hall–Kier alpha value is -2.05. The van der Waals surface area contributed by atoms with Gasteiger partial charge in [-0.15, -0.1) is 0 Å². The van der Waals surface area contributed by atoms with Gasteiger partial charge < -0.3 is 10.0 Å². The summed E-state index contributed by atoms with van der Waals surface area (Å²) >= 11 is 0. The molecular weight excluding hydrogens is 328 g/mol. The van der Waals surface area contributed by atoms with Crippen LogP contribution in [0.4, 0.5) is 0 Å². The summed E-state index contributed by atoms with van der Waals surface area (Å²) in [5, 5.41) is 9.21. The quantitative estimate of drug-likeness (QED) is 0.906. The molecule has 2 aromatic rings. The lowest BCUT2D eigenvalue weighted by molar-refractivity contribution is -0.146. The van der Waals surface area contributed by atoms with E-state index in [1.54, 1.807) is 0 Å². The average Bonchev–Trinajstić information content (AvgIpc) is 3.04. The highest BCUT2D eigenvalue weighted by molar-refractivity contribution is 5.84. The van der Waals surface area contributed by atoms with Gasteiger partial charge >= 0.3 is 0 Å². The van der Waals surface area contributed by atoms with Crippen molar-refractivity contribution >= 4 is 16.9 Å². The van der Waals surface area contributed by atoms with Crippen LogP contribution in [-0.2, 0) is 11.3 Å². The third-order valence-corrected chi connectivity index (χ3v) is 5.84. The number of amides is 1. The number of aliphatic hydroxyl groups is 1. The average molecular weight is 354 g/mol. The number of carbonyl (C=O) groups excluding carboxylic acids is 1. The number of aliphatic hydroxyl groups excluding tert-OH is 1. The van der Waals surface area contributed by atoms with Crippen molar-refractivity contribution in [2.45, 2.75) is 32.7 Å². The molecule has 4 rings (SSSR count). The molecule has 2 saturated heterocycles. The van der Waals surface area contributed by atoms with Crippen molar-refractivity contribution in [3.8, 4) is 0 Å². The number of aryl methyl sites for hydroxylation is 1. The number of piperidine rings is 1. The summed E-state index contributed by atoms with van der Waals surface area (Å²) in [5.41, 5.74) is 3.53. The Balaban J connectivity index is 1.51. The predicted molar refractivity (Wildman–Crippen MR) is 99.5 cm³/mol. The van der Waals surface area contributed by atoms with E-state index in [2.05, 4.69) is 9.88 Å². The lowest BCUT2D eigenvalue weighted by Crippen LogP contribution is -2.50. The summed E-state index contributed by atoms with van der Waals surface area (Å²) < 4.78 is 0. The Morgan fingerprint density at radius 3 is 2.69 bits per heavy atom. The second-order valence-corrected chi connectivity index (χ2v) is 7.60. The molecule has 0 radical (unpaired) electrons. The van der Waals surface area contributed by atoms with Gasteiger partial charge in [-0.25, -0.2) is 9.97 Å². The molecule has 138 valence electrons. The van der Waals surface area contributed by atoms with Crippen LogP contribution in [0.15, 0.2) is 24.3 Å². The number of nitrogens with zero attached hydrogens (tertiary/aromatic N) is 4. The summed E-state index contributed by atoms with van der Waals surface area (Å²) in [6, 6.07) is 7.94. The highest BCUT2D eigenvalue weighted by Crippen LogP contribution is 2.40. The topological polar surface area (TPSA) is 69.6 Å². The maximum Gasteiger partial charge on any atom is 0.230 e. The maximum absolute atomic E-state index is 12.9. The fourth-order valence-electron chi connectivity index (χ4n) is 4.44. The second-order valence-electron chi connectivity index (χ2n) is 7.60. The first-order valence-electron chi connectivity index (χ1n) is 9.46. The van der Waals surface area contributed by atoms with Gasteiger partial charge in [0.15, 0.2) is 0 Å². The summed E-state index contributed by atoms with van der Waals surface area (Å²) in [4.78, 5) is 26.6.